The van der Waals surface area contributed by atoms with Gasteiger partial charge in [0, 0.05) is 24.8 Å². The minimum Gasteiger partial charge on any atom is -0.381 e. The highest BCUT2D eigenvalue weighted by molar-refractivity contribution is 5.94. The molecule has 3 nitrogen and oxygen atoms in total. The molecule has 104 valence electrons. The van der Waals surface area contributed by atoms with E-state index in [0.717, 1.165) is 12.2 Å². The van der Waals surface area contributed by atoms with Crippen LogP contribution in [0.5, 0.6) is 0 Å². The molecule has 0 bridgehead atoms. The molecule has 0 heterocycles. The lowest BCUT2D eigenvalue weighted by Gasteiger charge is -2.09. The first-order valence-corrected chi connectivity index (χ1v) is 6.72. The van der Waals surface area contributed by atoms with Gasteiger partial charge in [0.25, 0.3) is 5.91 Å². The highest BCUT2D eigenvalue weighted by atomic mass is 16.1. The Hall–Kier alpha value is -2.29. The van der Waals surface area contributed by atoms with Gasteiger partial charge >= 0.3 is 0 Å². The highest BCUT2D eigenvalue weighted by Crippen LogP contribution is 2.14. The lowest BCUT2D eigenvalue weighted by atomic mass is 10.1. The van der Waals surface area contributed by atoms with Gasteiger partial charge in [-0.15, -0.1) is 0 Å². The molecular formula is C17H20N2O. The summed E-state index contributed by atoms with van der Waals surface area (Å²) in [6, 6.07) is 14.0. The van der Waals surface area contributed by atoms with Gasteiger partial charge in [-0.25, -0.2) is 0 Å². The largest absolute Gasteiger partial charge is 0.381 e. The van der Waals surface area contributed by atoms with Gasteiger partial charge in [0.05, 0.1) is 0 Å². The van der Waals surface area contributed by atoms with Crippen LogP contribution < -0.4 is 10.6 Å². The number of nitrogens with one attached hydrogen (secondary N) is 2. The number of aryl methyl sites for hydroxylation is 2. The van der Waals surface area contributed by atoms with Gasteiger partial charge in [-0.05, 0) is 48.7 Å². The second-order valence-corrected chi connectivity index (χ2v) is 4.93. The Balaban J connectivity index is 2.07. The molecule has 3 heteroatoms. The van der Waals surface area contributed by atoms with Gasteiger partial charge in [-0.2, -0.15) is 0 Å². The van der Waals surface area contributed by atoms with Crippen molar-refractivity contribution in [3.05, 3.63) is 64.7 Å². The molecule has 2 aromatic rings. The van der Waals surface area contributed by atoms with Crippen molar-refractivity contribution in [2.75, 3.05) is 12.4 Å². The molecule has 0 aliphatic heterocycles. The SMILES string of the molecule is CNC(=O)c1cccc(NCc2ccc(C)c(C)c2)c1. The van der Waals surface area contributed by atoms with Crippen molar-refractivity contribution in [1.29, 1.82) is 0 Å². The Labute approximate surface area is 120 Å². The van der Waals surface area contributed by atoms with Crippen LogP contribution in [0.3, 0.4) is 0 Å². The molecular weight excluding hydrogens is 248 g/mol. The summed E-state index contributed by atoms with van der Waals surface area (Å²) in [5.74, 6) is -0.0696. The number of hydrogen-bond donors (Lipinski definition) is 2. The number of carbonyl (C=O) groups is 1. The first-order valence-electron chi connectivity index (χ1n) is 6.72. The normalized spacial score (nSPS) is 10.2. The van der Waals surface area contributed by atoms with E-state index in [9.17, 15) is 4.79 Å². The fraction of sp³-hybridized carbons (Fsp3) is 0.235. The van der Waals surface area contributed by atoms with Crippen molar-refractivity contribution >= 4 is 11.6 Å². The average molecular weight is 268 g/mol. The minimum atomic E-state index is -0.0696. The Kier molecular flexibility index (Phi) is 4.41. The van der Waals surface area contributed by atoms with Crippen molar-refractivity contribution in [3.63, 3.8) is 0 Å². The van der Waals surface area contributed by atoms with E-state index in [0.29, 0.717) is 5.56 Å². The Morgan fingerprint density at radius 3 is 2.55 bits per heavy atom. The Morgan fingerprint density at radius 1 is 1.05 bits per heavy atom. The molecule has 0 aliphatic carbocycles. The fourth-order valence-electron chi connectivity index (χ4n) is 2.03. The highest BCUT2D eigenvalue weighted by Gasteiger charge is 2.03. The van der Waals surface area contributed by atoms with E-state index in [4.69, 9.17) is 0 Å². The smallest absolute Gasteiger partial charge is 0.251 e. The molecule has 2 N–H and O–H groups in total. The Bertz CT molecular complexity index is 620. The molecule has 0 radical (unpaired) electrons. The standard InChI is InChI=1S/C17H20N2O/c1-12-7-8-14(9-13(12)2)11-19-16-6-4-5-15(10-16)17(20)18-3/h4-10,19H,11H2,1-3H3,(H,18,20). The number of rotatable bonds is 4. The van der Waals surface area contributed by atoms with Crippen molar-refractivity contribution < 1.29 is 4.79 Å². The molecule has 0 saturated heterocycles. The zero-order valence-electron chi connectivity index (χ0n) is 12.2. The number of amides is 1. The summed E-state index contributed by atoms with van der Waals surface area (Å²) in [4.78, 5) is 11.6. The van der Waals surface area contributed by atoms with Crippen LogP contribution >= 0.6 is 0 Å². The van der Waals surface area contributed by atoms with Gasteiger partial charge in [0.2, 0.25) is 0 Å². The predicted molar refractivity (Wildman–Crippen MR) is 83.1 cm³/mol. The maximum absolute atomic E-state index is 11.6. The summed E-state index contributed by atoms with van der Waals surface area (Å²) < 4.78 is 0. The minimum absolute atomic E-state index is 0.0696. The van der Waals surface area contributed by atoms with Crippen LogP contribution in [-0.4, -0.2) is 13.0 Å². The molecule has 2 aromatic carbocycles. The van der Waals surface area contributed by atoms with Crippen LogP contribution in [0.1, 0.15) is 27.0 Å². The summed E-state index contributed by atoms with van der Waals surface area (Å²) in [7, 11) is 1.64. The van der Waals surface area contributed by atoms with Crippen LogP contribution in [0.2, 0.25) is 0 Å². The second-order valence-electron chi connectivity index (χ2n) is 4.93. The molecule has 0 unspecified atom stereocenters. The number of carbonyl (C=O) groups excluding carboxylic acids is 1. The molecule has 0 atom stereocenters. The third-order valence-corrected chi connectivity index (χ3v) is 3.42. The topological polar surface area (TPSA) is 41.1 Å². The number of benzene rings is 2. The van der Waals surface area contributed by atoms with E-state index in [2.05, 4.69) is 42.7 Å². The first-order chi connectivity index (χ1) is 9.60. The van der Waals surface area contributed by atoms with Crippen LogP contribution in [0.25, 0.3) is 0 Å². The van der Waals surface area contributed by atoms with Gasteiger partial charge in [0.15, 0.2) is 0 Å². The molecule has 0 spiro atoms. The van der Waals surface area contributed by atoms with E-state index in [-0.39, 0.29) is 5.91 Å². The summed E-state index contributed by atoms with van der Waals surface area (Å²) in [6.07, 6.45) is 0. The van der Waals surface area contributed by atoms with Crippen molar-refractivity contribution in [3.8, 4) is 0 Å². The predicted octanol–water partition coefficient (Wildman–Crippen LogP) is 3.28. The first kappa shape index (κ1) is 14.1. The van der Waals surface area contributed by atoms with E-state index in [1.54, 1.807) is 13.1 Å². The number of hydrogen-bond acceptors (Lipinski definition) is 2. The zero-order valence-corrected chi connectivity index (χ0v) is 12.2. The maximum Gasteiger partial charge on any atom is 0.251 e. The summed E-state index contributed by atoms with van der Waals surface area (Å²) in [6.45, 7) is 4.97. The van der Waals surface area contributed by atoms with Crippen LogP contribution in [0.15, 0.2) is 42.5 Å². The van der Waals surface area contributed by atoms with Crippen molar-refractivity contribution in [2.24, 2.45) is 0 Å². The summed E-state index contributed by atoms with van der Waals surface area (Å²) in [5.41, 5.74) is 5.44. The molecule has 1 amide bonds. The zero-order chi connectivity index (χ0) is 14.5. The summed E-state index contributed by atoms with van der Waals surface area (Å²) in [5, 5.41) is 5.98. The fourth-order valence-corrected chi connectivity index (χ4v) is 2.03. The van der Waals surface area contributed by atoms with Crippen LogP contribution in [-0.2, 0) is 6.54 Å². The Morgan fingerprint density at radius 2 is 1.85 bits per heavy atom. The van der Waals surface area contributed by atoms with Crippen molar-refractivity contribution in [1.82, 2.24) is 5.32 Å². The van der Waals surface area contributed by atoms with E-state index in [1.165, 1.54) is 16.7 Å². The monoisotopic (exact) mass is 268 g/mol. The van der Waals surface area contributed by atoms with Gasteiger partial charge in [-0.1, -0.05) is 24.3 Å². The van der Waals surface area contributed by atoms with Gasteiger partial charge < -0.3 is 10.6 Å². The average Bonchev–Trinajstić information content (AvgIpc) is 2.48. The maximum atomic E-state index is 11.6. The molecule has 0 aliphatic rings. The van der Waals surface area contributed by atoms with E-state index < -0.39 is 0 Å². The van der Waals surface area contributed by atoms with Crippen LogP contribution in [0.4, 0.5) is 5.69 Å². The molecule has 0 fully saturated rings. The molecule has 0 aromatic heterocycles. The van der Waals surface area contributed by atoms with Crippen molar-refractivity contribution in [2.45, 2.75) is 20.4 Å². The lowest BCUT2D eigenvalue weighted by Crippen LogP contribution is -2.17. The quantitative estimate of drug-likeness (QED) is 0.893. The van der Waals surface area contributed by atoms with E-state index >= 15 is 0 Å². The lowest BCUT2D eigenvalue weighted by molar-refractivity contribution is 0.0963. The third-order valence-electron chi connectivity index (χ3n) is 3.42. The second kappa shape index (κ2) is 6.24. The van der Waals surface area contributed by atoms with Crippen LogP contribution in [0, 0.1) is 13.8 Å². The van der Waals surface area contributed by atoms with Gasteiger partial charge in [-0.3, -0.25) is 4.79 Å². The molecule has 0 saturated carbocycles. The van der Waals surface area contributed by atoms with Gasteiger partial charge in [0.1, 0.15) is 0 Å². The van der Waals surface area contributed by atoms with E-state index in [1.807, 2.05) is 18.2 Å². The summed E-state index contributed by atoms with van der Waals surface area (Å²) >= 11 is 0. The molecule has 20 heavy (non-hydrogen) atoms. The molecule has 2 rings (SSSR count). The third kappa shape index (κ3) is 3.38. The number of anilines is 1.